The van der Waals surface area contributed by atoms with E-state index in [1.807, 2.05) is 35.2 Å². The van der Waals surface area contributed by atoms with Crippen molar-refractivity contribution < 1.29 is 9.59 Å². The van der Waals surface area contributed by atoms with Gasteiger partial charge in [0, 0.05) is 25.6 Å². The highest BCUT2D eigenvalue weighted by atomic mass is 16.2. The maximum Gasteiger partial charge on any atom is 0.249 e. The van der Waals surface area contributed by atoms with Crippen molar-refractivity contribution >= 4 is 11.8 Å². The van der Waals surface area contributed by atoms with Crippen molar-refractivity contribution in [1.29, 1.82) is 0 Å². The van der Waals surface area contributed by atoms with E-state index >= 15 is 0 Å². The highest BCUT2D eigenvalue weighted by Gasteiger charge is 2.46. The van der Waals surface area contributed by atoms with Crippen LogP contribution < -0.4 is 11.1 Å². The Morgan fingerprint density at radius 1 is 1.22 bits per heavy atom. The SMILES string of the molecule is CC(=O)NC(C(=O)N1CCC(C2(N)CC2)CC1)c1ccccc1. The van der Waals surface area contributed by atoms with Crippen LogP contribution in [0.15, 0.2) is 30.3 Å². The molecule has 2 amide bonds. The minimum Gasteiger partial charge on any atom is -0.341 e. The van der Waals surface area contributed by atoms with Crippen molar-refractivity contribution in [3.8, 4) is 0 Å². The molecule has 0 bridgehead atoms. The van der Waals surface area contributed by atoms with Gasteiger partial charge in [0.1, 0.15) is 6.04 Å². The summed E-state index contributed by atoms with van der Waals surface area (Å²) < 4.78 is 0. The number of nitrogens with zero attached hydrogens (tertiary/aromatic N) is 1. The van der Waals surface area contributed by atoms with Crippen molar-refractivity contribution in [2.45, 2.75) is 44.2 Å². The number of likely N-dealkylation sites (tertiary alicyclic amines) is 1. The van der Waals surface area contributed by atoms with Gasteiger partial charge in [0.2, 0.25) is 11.8 Å². The summed E-state index contributed by atoms with van der Waals surface area (Å²) in [7, 11) is 0. The average Bonchev–Trinajstić information content (AvgIpc) is 3.32. The molecule has 1 saturated carbocycles. The van der Waals surface area contributed by atoms with E-state index in [2.05, 4.69) is 5.32 Å². The quantitative estimate of drug-likeness (QED) is 0.886. The van der Waals surface area contributed by atoms with Gasteiger partial charge in [0.05, 0.1) is 0 Å². The van der Waals surface area contributed by atoms with Crippen molar-refractivity contribution in [2.75, 3.05) is 13.1 Å². The fourth-order valence-electron chi connectivity index (χ4n) is 3.55. The normalized spacial score (nSPS) is 21.6. The average molecular weight is 315 g/mol. The van der Waals surface area contributed by atoms with Crippen molar-refractivity contribution in [1.82, 2.24) is 10.2 Å². The third-order valence-corrected chi connectivity index (χ3v) is 5.17. The predicted molar refractivity (Wildman–Crippen MR) is 88.5 cm³/mol. The molecule has 1 aromatic rings. The zero-order valence-electron chi connectivity index (χ0n) is 13.6. The maximum absolute atomic E-state index is 12.9. The van der Waals surface area contributed by atoms with Gasteiger partial charge in [-0.1, -0.05) is 30.3 Å². The van der Waals surface area contributed by atoms with Crippen LogP contribution in [-0.2, 0) is 9.59 Å². The molecule has 1 unspecified atom stereocenters. The van der Waals surface area contributed by atoms with Crippen LogP contribution in [0, 0.1) is 5.92 Å². The van der Waals surface area contributed by atoms with Gasteiger partial charge in [0.15, 0.2) is 0 Å². The van der Waals surface area contributed by atoms with Gasteiger partial charge in [0.25, 0.3) is 0 Å². The number of amides is 2. The minimum atomic E-state index is -0.599. The number of nitrogens with one attached hydrogen (secondary N) is 1. The van der Waals surface area contributed by atoms with E-state index in [1.165, 1.54) is 6.92 Å². The van der Waals surface area contributed by atoms with Crippen LogP contribution in [0.25, 0.3) is 0 Å². The summed E-state index contributed by atoms with van der Waals surface area (Å²) in [6.07, 6.45) is 4.15. The fraction of sp³-hybridized carbons (Fsp3) is 0.556. The number of carbonyl (C=O) groups excluding carboxylic acids is 2. The molecule has 3 N–H and O–H groups in total. The summed E-state index contributed by atoms with van der Waals surface area (Å²) in [6.45, 7) is 2.90. The van der Waals surface area contributed by atoms with E-state index < -0.39 is 6.04 Å². The number of benzene rings is 1. The third kappa shape index (κ3) is 3.55. The van der Waals surface area contributed by atoms with E-state index in [1.54, 1.807) is 0 Å². The van der Waals surface area contributed by atoms with Crippen LogP contribution in [0.5, 0.6) is 0 Å². The maximum atomic E-state index is 12.9. The summed E-state index contributed by atoms with van der Waals surface area (Å²) in [5, 5.41) is 2.79. The molecule has 2 fully saturated rings. The Bertz CT molecular complexity index is 575. The third-order valence-electron chi connectivity index (χ3n) is 5.17. The molecule has 1 saturated heterocycles. The van der Waals surface area contributed by atoms with E-state index in [0.717, 1.165) is 44.3 Å². The monoisotopic (exact) mass is 315 g/mol. The first kappa shape index (κ1) is 16.0. The standard InChI is InChI=1S/C18H25N3O2/c1-13(22)20-16(14-5-3-2-4-6-14)17(23)21-11-7-15(8-12-21)18(19)9-10-18/h2-6,15-16H,7-12,19H2,1H3,(H,20,22). The zero-order chi connectivity index (χ0) is 16.4. The lowest BCUT2D eigenvalue weighted by Gasteiger charge is -2.36. The lowest BCUT2D eigenvalue weighted by Crippen LogP contribution is -2.48. The second-order valence-corrected chi connectivity index (χ2v) is 6.88. The van der Waals surface area contributed by atoms with Crippen molar-refractivity contribution in [3.05, 3.63) is 35.9 Å². The molecule has 5 heteroatoms. The second kappa shape index (κ2) is 6.32. The van der Waals surface area contributed by atoms with Crippen molar-refractivity contribution in [2.24, 2.45) is 11.7 Å². The molecule has 1 aliphatic heterocycles. The smallest absolute Gasteiger partial charge is 0.249 e. The lowest BCUT2D eigenvalue weighted by atomic mass is 9.87. The fourth-order valence-corrected chi connectivity index (χ4v) is 3.55. The summed E-state index contributed by atoms with van der Waals surface area (Å²) in [5.41, 5.74) is 7.16. The van der Waals surface area contributed by atoms with Crippen LogP contribution in [0.1, 0.15) is 44.2 Å². The van der Waals surface area contributed by atoms with Crippen LogP contribution in [0.2, 0.25) is 0 Å². The molecule has 124 valence electrons. The van der Waals surface area contributed by atoms with Crippen LogP contribution in [0.4, 0.5) is 0 Å². The highest BCUT2D eigenvalue weighted by molar-refractivity contribution is 5.88. The largest absolute Gasteiger partial charge is 0.341 e. The van der Waals surface area contributed by atoms with Gasteiger partial charge in [-0.15, -0.1) is 0 Å². The number of hydrogen-bond donors (Lipinski definition) is 2. The molecule has 1 atom stereocenters. The summed E-state index contributed by atoms with van der Waals surface area (Å²) in [6, 6.07) is 8.83. The molecule has 3 rings (SSSR count). The second-order valence-electron chi connectivity index (χ2n) is 6.88. The Morgan fingerprint density at radius 2 is 1.83 bits per heavy atom. The van der Waals surface area contributed by atoms with E-state index in [9.17, 15) is 9.59 Å². The van der Waals surface area contributed by atoms with Gasteiger partial charge >= 0.3 is 0 Å². The van der Waals surface area contributed by atoms with Crippen LogP contribution >= 0.6 is 0 Å². The zero-order valence-corrected chi connectivity index (χ0v) is 13.6. The Hall–Kier alpha value is -1.88. The molecule has 0 aromatic heterocycles. The molecule has 0 radical (unpaired) electrons. The van der Waals surface area contributed by atoms with Gasteiger partial charge in [-0.2, -0.15) is 0 Å². The van der Waals surface area contributed by atoms with E-state index in [-0.39, 0.29) is 17.4 Å². The van der Waals surface area contributed by atoms with Crippen LogP contribution in [-0.4, -0.2) is 35.3 Å². The molecule has 5 nitrogen and oxygen atoms in total. The first-order chi connectivity index (χ1) is 11.0. The molecule has 0 spiro atoms. The number of hydrogen-bond acceptors (Lipinski definition) is 3. The van der Waals surface area contributed by atoms with Gasteiger partial charge in [-0.25, -0.2) is 0 Å². The first-order valence-corrected chi connectivity index (χ1v) is 8.39. The molecule has 23 heavy (non-hydrogen) atoms. The van der Waals surface area contributed by atoms with Crippen LogP contribution in [0.3, 0.4) is 0 Å². The van der Waals surface area contributed by atoms with E-state index in [0.29, 0.717) is 5.92 Å². The molecular weight excluding hydrogens is 290 g/mol. The number of carbonyl (C=O) groups is 2. The Balaban J connectivity index is 1.68. The molecular formula is C18H25N3O2. The summed E-state index contributed by atoms with van der Waals surface area (Å²) in [4.78, 5) is 26.3. The van der Waals surface area contributed by atoms with Crippen molar-refractivity contribution in [3.63, 3.8) is 0 Å². The molecule has 1 aromatic carbocycles. The van der Waals surface area contributed by atoms with Gasteiger partial charge in [-0.05, 0) is 37.2 Å². The number of piperidine rings is 1. The summed E-state index contributed by atoms with van der Waals surface area (Å²) >= 11 is 0. The topological polar surface area (TPSA) is 75.4 Å². The Labute approximate surface area is 137 Å². The summed E-state index contributed by atoms with van der Waals surface area (Å²) in [5.74, 6) is 0.315. The lowest BCUT2D eigenvalue weighted by molar-refractivity contribution is -0.137. The minimum absolute atomic E-state index is 0.0216. The predicted octanol–water partition coefficient (Wildman–Crippen LogP) is 1.59. The molecule has 1 heterocycles. The Morgan fingerprint density at radius 3 is 2.35 bits per heavy atom. The van der Waals surface area contributed by atoms with E-state index in [4.69, 9.17) is 5.73 Å². The molecule has 1 aliphatic carbocycles. The first-order valence-electron chi connectivity index (χ1n) is 8.39. The number of nitrogens with two attached hydrogens (primary N) is 1. The van der Waals surface area contributed by atoms with Gasteiger partial charge in [-0.3, -0.25) is 9.59 Å². The van der Waals surface area contributed by atoms with Gasteiger partial charge < -0.3 is 16.0 Å². The highest BCUT2D eigenvalue weighted by Crippen LogP contribution is 2.44. The number of rotatable bonds is 4. The Kier molecular flexibility index (Phi) is 4.39. The molecule has 2 aliphatic rings.